The molecule has 1 amide bonds. The maximum Gasteiger partial charge on any atom is 0.222 e. The molecule has 0 aliphatic carbocycles. The van der Waals surface area contributed by atoms with Crippen LogP contribution < -0.4 is 0 Å². The Labute approximate surface area is 106 Å². The average molecular weight is 240 g/mol. The highest BCUT2D eigenvalue weighted by Crippen LogP contribution is 2.17. The fourth-order valence-corrected chi connectivity index (χ4v) is 2.56. The Morgan fingerprint density at radius 2 is 2.06 bits per heavy atom. The maximum absolute atomic E-state index is 11.9. The molecule has 1 aliphatic rings. The van der Waals surface area contributed by atoms with Crippen molar-refractivity contribution in [2.24, 2.45) is 0 Å². The van der Waals surface area contributed by atoms with E-state index >= 15 is 0 Å². The van der Waals surface area contributed by atoms with Crippen LogP contribution in [0.5, 0.6) is 0 Å². The van der Waals surface area contributed by atoms with Gasteiger partial charge in [-0.15, -0.1) is 0 Å². The predicted octanol–water partition coefficient (Wildman–Crippen LogP) is 2.51. The van der Waals surface area contributed by atoms with Crippen LogP contribution in [0.3, 0.4) is 0 Å². The van der Waals surface area contributed by atoms with Crippen molar-refractivity contribution in [3.05, 3.63) is 0 Å². The van der Waals surface area contributed by atoms with Gasteiger partial charge in [-0.1, -0.05) is 20.3 Å². The summed E-state index contributed by atoms with van der Waals surface area (Å²) in [6.45, 7) is 7.43. The minimum atomic E-state index is 0.359. The molecular formula is C14H28N2O. The number of likely N-dealkylation sites (tertiary alicyclic amines) is 1. The Balaban J connectivity index is 2.42. The largest absolute Gasteiger partial charge is 0.343 e. The highest BCUT2D eigenvalue weighted by atomic mass is 16.2. The Morgan fingerprint density at radius 3 is 2.71 bits per heavy atom. The van der Waals surface area contributed by atoms with Crippen molar-refractivity contribution in [3.63, 3.8) is 0 Å². The molecule has 0 radical (unpaired) electrons. The molecule has 1 saturated heterocycles. The van der Waals surface area contributed by atoms with Gasteiger partial charge in [0.2, 0.25) is 5.91 Å². The number of unbranched alkanes of at least 4 members (excludes halogenated alkanes) is 1. The van der Waals surface area contributed by atoms with Crippen LogP contribution in [0.1, 0.15) is 52.4 Å². The summed E-state index contributed by atoms with van der Waals surface area (Å²) in [7, 11) is 2.21. The van der Waals surface area contributed by atoms with Crippen LogP contribution in [0, 0.1) is 0 Å². The minimum Gasteiger partial charge on any atom is -0.343 e. The van der Waals surface area contributed by atoms with Crippen molar-refractivity contribution in [2.45, 2.75) is 58.4 Å². The molecular weight excluding hydrogens is 212 g/mol. The van der Waals surface area contributed by atoms with Crippen LogP contribution in [-0.2, 0) is 4.79 Å². The molecule has 0 aromatic carbocycles. The van der Waals surface area contributed by atoms with Gasteiger partial charge >= 0.3 is 0 Å². The number of nitrogens with zero attached hydrogens (tertiary/aromatic N) is 2. The number of carbonyl (C=O) groups is 1. The summed E-state index contributed by atoms with van der Waals surface area (Å²) in [6.07, 6.45) is 6.51. The van der Waals surface area contributed by atoms with Gasteiger partial charge in [-0.3, -0.25) is 4.79 Å². The molecule has 3 heteroatoms. The third-order valence-electron chi connectivity index (χ3n) is 3.76. The van der Waals surface area contributed by atoms with E-state index in [4.69, 9.17) is 0 Å². The maximum atomic E-state index is 11.9. The van der Waals surface area contributed by atoms with Gasteiger partial charge in [-0.2, -0.15) is 0 Å². The lowest BCUT2D eigenvalue weighted by Crippen LogP contribution is -2.34. The quantitative estimate of drug-likeness (QED) is 0.712. The second kappa shape index (κ2) is 7.70. The van der Waals surface area contributed by atoms with Crippen LogP contribution >= 0.6 is 0 Å². The summed E-state index contributed by atoms with van der Waals surface area (Å²) in [6, 6.07) is 0.604. The van der Waals surface area contributed by atoms with Gasteiger partial charge in [0.15, 0.2) is 0 Å². The lowest BCUT2D eigenvalue weighted by molar-refractivity contribution is -0.130. The Morgan fingerprint density at radius 1 is 1.29 bits per heavy atom. The standard InChI is InChI=1S/C14H28N2O/c1-4-6-11-15(3)13-7-8-14(17)16(10-5-2)12-9-13/h13H,4-12H2,1-3H3. The van der Waals surface area contributed by atoms with Crippen molar-refractivity contribution < 1.29 is 4.79 Å². The molecule has 0 saturated carbocycles. The zero-order valence-corrected chi connectivity index (χ0v) is 11.7. The van der Waals surface area contributed by atoms with E-state index in [1.165, 1.54) is 19.4 Å². The summed E-state index contributed by atoms with van der Waals surface area (Å²) >= 11 is 0. The average Bonchev–Trinajstić information content (AvgIpc) is 2.50. The SMILES string of the molecule is CCCCN(C)C1CCC(=O)N(CCC)CC1. The van der Waals surface area contributed by atoms with Crippen molar-refractivity contribution in [1.29, 1.82) is 0 Å². The Hall–Kier alpha value is -0.570. The first-order valence-corrected chi connectivity index (χ1v) is 7.17. The molecule has 1 rings (SSSR count). The zero-order valence-electron chi connectivity index (χ0n) is 11.7. The highest BCUT2D eigenvalue weighted by molar-refractivity contribution is 5.76. The van der Waals surface area contributed by atoms with E-state index in [-0.39, 0.29) is 0 Å². The number of hydrogen-bond acceptors (Lipinski definition) is 2. The van der Waals surface area contributed by atoms with E-state index < -0.39 is 0 Å². The fourth-order valence-electron chi connectivity index (χ4n) is 2.56. The van der Waals surface area contributed by atoms with Crippen molar-refractivity contribution in [3.8, 4) is 0 Å². The first-order valence-electron chi connectivity index (χ1n) is 7.17. The number of rotatable bonds is 6. The van der Waals surface area contributed by atoms with E-state index in [2.05, 4.69) is 25.8 Å². The van der Waals surface area contributed by atoms with Crippen LogP contribution in [0.2, 0.25) is 0 Å². The van der Waals surface area contributed by atoms with Gasteiger partial charge in [0.05, 0.1) is 0 Å². The summed E-state index contributed by atoms with van der Waals surface area (Å²) in [5, 5.41) is 0. The van der Waals surface area contributed by atoms with Gasteiger partial charge in [0, 0.05) is 25.6 Å². The second-order valence-corrected chi connectivity index (χ2v) is 5.20. The van der Waals surface area contributed by atoms with E-state index in [0.717, 1.165) is 38.8 Å². The van der Waals surface area contributed by atoms with Gasteiger partial charge in [-0.25, -0.2) is 0 Å². The molecule has 1 atom stereocenters. The molecule has 100 valence electrons. The normalized spacial score (nSPS) is 22.0. The molecule has 0 N–H and O–H groups in total. The predicted molar refractivity (Wildman–Crippen MR) is 72.0 cm³/mol. The van der Waals surface area contributed by atoms with Crippen LogP contribution in [0.4, 0.5) is 0 Å². The van der Waals surface area contributed by atoms with Crippen LogP contribution in [-0.4, -0.2) is 48.4 Å². The molecule has 0 spiro atoms. The lowest BCUT2D eigenvalue weighted by Gasteiger charge is -2.27. The van der Waals surface area contributed by atoms with Crippen LogP contribution in [0.25, 0.3) is 0 Å². The molecule has 0 aromatic rings. The molecule has 17 heavy (non-hydrogen) atoms. The third-order valence-corrected chi connectivity index (χ3v) is 3.76. The molecule has 0 bridgehead atoms. The summed E-state index contributed by atoms with van der Waals surface area (Å²) in [4.78, 5) is 16.4. The molecule has 1 aliphatic heterocycles. The first-order chi connectivity index (χ1) is 8.19. The van der Waals surface area contributed by atoms with Crippen molar-refractivity contribution >= 4 is 5.91 Å². The second-order valence-electron chi connectivity index (χ2n) is 5.20. The summed E-state index contributed by atoms with van der Waals surface area (Å²) in [5.41, 5.74) is 0. The molecule has 1 unspecified atom stereocenters. The Bertz CT molecular complexity index is 230. The molecule has 0 aromatic heterocycles. The number of carbonyl (C=O) groups excluding carboxylic acids is 1. The Kier molecular flexibility index (Phi) is 6.56. The highest BCUT2D eigenvalue weighted by Gasteiger charge is 2.23. The van der Waals surface area contributed by atoms with E-state index in [9.17, 15) is 4.79 Å². The zero-order chi connectivity index (χ0) is 12.7. The van der Waals surface area contributed by atoms with Gasteiger partial charge < -0.3 is 9.80 Å². The first kappa shape index (κ1) is 14.5. The molecule has 1 heterocycles. The number of hydrogen-bond donors (Lipinski definition) is 0. The fraction of sp³-hybridized carbons (Fsp3) is 0.929. The van der Waals surface area contributed by atoms with E-state index in [1.807, 2.05) is 4.90 Å². The monoisotopic (exact) mass is 240 g/mol. The smallest absolute Gasteiger partial charge is 0.222 e. The summed E-state index contributed by atoms with van der Waals surface area (Å²) in [5.74, 6) is 0.359. The minimum absolute atomic E-state index is 0.359. The van der Waals surface area contributed by atoms with Gasteiger partial charge in [-0.05, 0) is 39.3 Å². The van der Waals surface area contributed by atoms with Crippen LogP contribution in [0.15, 0.2) is 0 Å². The van der Waals surface area contributed by atoms with E-state index in [1.54, 1.807) is 0 Å². The summed E-state index contributed by atoms with van der Waals surface area (Å²) < 4.78 is 0. The van der Waals surface area contributed by atoms with E-state index in [0.29, 0.717) is 11.9 Å². The third kappa shape index (κ3) is 4.66. The van der Waals surface area contributed by atoms with Crippen molar-refractivity contribution in [2.75, 3.05) is 26.7 Å². The van der Waals surface area contributed by atoms with Gasteiger partial charge in [0.25, 0.3) is 0 Å². The molecule has 1 fully saturated rings. The number of amides is 1. The molecule has 3 nitrogen and oxygen atoms in total. The van der Waals surface area contributed by atoms with Gasteiger partial charge in [0.1, 0.15) is 0 Å². The lowest BCUT2D eigenvalue weighted by atomic mass is 10.1. The van der Waals surface area contributed by atoms with Crippen molar-refractivity contribution in [1.82, 2.24) is 9.80 Å². The topological polar surface area (TPSA) is 23.6 Å².